The van der Waals surface area contributed by atoms with E-state index >= 15 is 0 Å². The van der Waals surface area contributed by atoms with Crippen molar-refractivity contribution >= 4 is 23.5 Å². The van der Waals surface area contributed by atoms with Gasteiger partial charge in [-0.25, -0.2) is 4.99 Å². The highest BCUT2D eigenvalue weighted by molar-refractivity contribution is 5.97. The molecule has 4 rings (SSSR count). The average molecular weight is 507 g/mol. The third kappa shape index (κ3) is 6.55. The van der Waals surface area contributed by atoms with Crippen LogP contribution in [-0.2, 0) is 17.9 Å². The molecule has 8 nitrogen and oxygen atoms in total. The highest BCUT2D eigenvalue weighted by Gasteiger charge is 2.16. The van der Waals surface area contributed by atoms with E-state index in [1.54, 1.807) is 24.3 Å². The van der Waals surface area contributed by atoms with Crippen LogP contribution in [0.5, 0.6) is 0 Å². The fourth-order valence-electron chi connectivity index (χ4n) is 4.04. The van der Waals surface area contributed by atoms with Crippen LogP contribution >= 0.6 is 0 Å². The lowest BCUT2D eigenvalue weighted by Gasteiger charge is -2.14. The van der Waals surface area contributed by atoms with Gasteiger partial charge in [-0.15, -0.1) is 6.58 Å². The van der Waals surface area contributed by atoms with Gasteiger partial charge in [-0.05, 0) is 53.1 Å². The number of hydrogen-bond acceptors (Lipinski definition) is 4. The minimum absolute atomic E-state index is 0.0165. The highest BCUT2D eigenvalue weighted by atomic mass is 16.2. The number of benzene rings is 3. The number of aromatic nitrogens is 1. The van der Waals surface area contributed by atoms with Crippen LogP contribution in [0.2, 0.25) is 0 Å². The molecule has 38 heavy (non-hydrogen) atoms. The number of nitrogen functional groups attached to an aromatic ring is 1. The molecular weight excluding hydrogens is 476 g/mol. The second-order valence-electron chi connectivity index (χ2n) is 8.63. The summed E-state index contributed by atoms with van der Waals surface area (Å²) in [6.45, 7) is 4.33. The van der Waals surface area contributed by atoms with Crippen molar-refractivity contribution in [3.63, 3.8) is 0 Å². The Hall–Kier alpha value is -5.11. The topological polar surface area (TPSA) is 128 Å². The fourth-order valence-corrected chi connectivity index (χ4v) is 4.04. The van der Waals surface area contributed by atoms with Crippen molar-refractivity contribution in [2.24, 2.45) is 10.7 Å². The number of rotatable bonds is 9. The molecule has 0 aliphatic rings. The van der Waals surface area contributed by atoms with Crippen LogP contribution in [0, 0.1) is 0 Å². The number of aliphatic imine (C=N–C) groups is 1. The summed E-state index contributed by atoms with van der Waals surface area (Å²) >= 11 is 0. The van der Waals surface area contributed by atoms with Crippen LogP contribution in [0.4, 0.5) is 5.69 Å². The maximum Gasteiger partial charge on any atom is 0.251 e. The van der Waals surface area contributed by atoms with Crippen LogP contribution in [0.3, 0.4) is 0 Å². The number of nitrogens with one attached hydrogen (secondary N) is 2. The van der Waals surface area contributed by atoms with Crippen LogP contribution in [0.1, 0.15) is 15.9 Å². The monoisotopic (exact) mass is 506 g/mol. The first-order valence-electron chi connectivity index (χ1n) is 12.1. The predicted molar refractivity (Wildman–Crippen MR) is 152 cm³/mol. The van der Waals surface area contributed by atoms with Crippen molar-refractivity contribution in [1.82, 2.24) is 15.2 Å². The SMILES string of the molecule is C=CCNC(=O)c1ccc(-c2ccc(-c3ccccc3)n2CC(=O)NC(N)=NCc2cccc(N)c2)cc1. The Morgan fingerprint density at radius 3 is 2.24 bits per heavy atom. The molecule has 6 N–H and O–H groups in total. The number of anilines is 1. The van der Waals surface area contributed by atoms with E-state index in [1.807, 2.05) is 77.4 Å². The van der Waals surface area contributed by atoms with Crippen LogP contribution in [0.15, 0.2) is 109 Å². The van der Waals surface area contributed by atoms with E-state index in [4.69, 9.17) is 11.5 Å². The van der Waals surface area contributed by atoms with E-state index in [2.05, 4.69) is 22.2 Å². The van der Waals surface area contributed by atoms with Gasteiger partial charge in [-0.2, -0.15) is 0 Å². The Morgan fingerprint density at radius 1 is 0.895 bits per heavy atom. The number of guanidine groups is 1. The summed E-state index contributed by atoms with van der Waals surface area (Å²) in [4.78, 5) is 29.6. The Kier molecular flexibility index (Phi) is 8.35. The van der Waals surface area contributed by atoms with Gasteiger partial charge < -0.3 is 21.4 Å². The smallest absolute Gasteiger partial charge is 0.251 e. The molecular formula is C30H30N6O2. The molecule has 0 saturated carbocycles. The van der Waals surface area contributed by atoms with Crippen molar-refractivity contribution in [3.05, 3.63) is 115 Å². The minimum atomic E-state index is -0.311. The number of hydrogen-bond donors (Lipinski definition) is 4. The van der Waals surface area contributed by atoms with E-state index in [1.165, 1.54) is 0 Å². The van der Waals surface area contributed by atoms with Gasteiger partial charge in [0, 0.05) is 29.2 Å². The molecule has 0 bridgehead atoms. The summed E-state index contributed by atoms with van der Waals surface area (Å²) in [6.07, 6.45) is 1.63. The normalized spacial score (nSPS) is 11.1. The maximum absolute atomic E-state index is 13.0. The number of carbonyl (C=O) groups excluding carboxylic acids is 2. The molecule has 3 aromatic carbocycles. The Morgan fingerprint density at radius 2 is 1.58 bits per heavy atom. The van der Waals surface area contributed by atoms with Crippen molar-refractivity contribution in [2.75, 3.05) is 12.3 Å². The quantitative estimate of drug-likeness (QED) is 0.119. The zero-order valence-electron chi connectivity index (χ0n) is 20.9. The summed E-state index contributed by atoms with van der Waals surface area (Å²) in [5, 5.41) is 5.45. The van der Waals surface area contributed by atoms with E-state index in [0.29, 0.717) is 24.3 Å². The molecule has 2 amide bonds. The van der Waals surface area contributed by atoms with Crippen molar-refractivity contribution in [2.45, 2.75) is 13.1 Å². The molecule has 1 heterocycles. The van der Waals surface area contributed by atoms with E-state index in [9.17, 15) is 9.59 Å². The molecule has 0 unspecified atom stereocenters. The molecule has 1 aromatic heterocycles. The van der Waals surface area contributed by atoms with Crippen molar-refractivity contribution in [3.8, 4) is 22.5 Å². The van der Waals surface area contributed by atoms with Gasteiger partial charge in [0.05, 0.1) is 6.54 Å². The molecule has 0 radical (unpaired) electrons. The zero-order chi connectivity index (χ0) is 26.9. The Labute approximate surface area is 221 Å². The summed E-state index contributed by atoms with van der Waals surface area (Å²) in [6, 6.07) is 28.3. The molecule has 8 heteroatoms. The molecule has 0 aliphatic heterocycles. The molecule has 0 aliphatic carbocycles. The Balaban J connectivity index is 1.56. The fraction of sp³-hybridized carbons (Fsp3) is 0.100. The first kappa shape index (κ1) is 26.0. The van der Waals surface area contributed by atoms with Crippen LogP contribution in [0.25, 0.3) is 22.5 Å². The molecule has 0 fully saturated rings. The Bertz CT molecular complexity index is 1460. The predicted octanol–water partition coefficient (Wildman–Crippen LogP) is 3.95. The van der Waals surface area contributed by atoms with Gasteiger partial charge in [0.2, 0.25) is 5.91 Å². The number of amides is 2. The lowest BCUT2D eigenvalue weighted by molar-refractivity contribution is -0.120. The standard InChI is InChI=1S/C30H30N6O2/c1-2-17-33-29(38)24-13-11-23(12-14-24)27-16-15-26(22-8-4-3-5-9-22)36(27)20-28(37)35-30(32)34-19-21-7-6-10-25(31)18-21/h2-16,18H,1,17,19-20,31H2,(H,33,38)(H3,32,34,35,37). The van der Waals surface area contributed by atoms with Gasteiger partial charge in [0.15, 0.2) is 5.96 Å². The lowest BCUT2D eigenvalue weighted by atomic mass is 10.1. The lowest BCUT2D eigenvalue weighted by Crippen LogP contribution is -2.39. The van der Waals surface area contributed by atoms with Crippen LogP contribution in [-0.4, -0.2) is 28.9 Å². The number of nitrogens with zero attached hydrogens (tertiary/aromatic N) is 2. The van der Waals surface area contributed by atoms with Crippen molar-refractivity contribution in [1.29, 1.82) is 0 Å². The largest absolute Gasteiger partial charge is 0.399 e. The molecule has 4 aromatic rings. The molecule has 0 spiro atoms. The zero-order valence-corrected chi connectivity index (χ0v) is 20.9. The summed E-state index contributed by atoms with van der Waals surface area (Å²) < 4.78 is 1.92. The van der Waals surface area contributed by atoms with E-state index in [0.717, 1.165) is 28.1 Å². The van der Waals surface area contributed by atoms with Gasteiger partial charge >= 0.3 is 0 Å². The number of nitrogens with two attached hydrogens (primary N) is 2. The van der Waals surface area contributed by atoms with Crippen LogP contribution < -0.4 is 22.1 Å². The van der Waals surface area contributed by atoms with Gasteiger partial charge in [0.1, 0.15) is 6.54 Å². The summed E-state index contributed by atoms with van der Waals surface area (Å²) in [5.41, 5.74) is 17.4. The summed E-state index contributed by atoms with van der Waals surface area (Å²) in [5.74, 6) is -0.458. The third-order valence-corrected chi connectivity index (χ3v) is 5.85. The van der Waals surface area contributed by atoms with Gasteiger partial charge in [0.25, 0.3) is 5.91 Å². The second-order valence-corrected chi connectivity index (χ2v) is 8.63. The second kappa shape index (κ2) is 12.2. The highest BCUT2D eigenvalue weighted by Crippen LogP contribution is 2.29. The molecule has 0 saturated heterocycles. The first-order valence-corrected chi connectivity index (χ1v) is 12.1. The molecule has 0 atom stereocenters. The van der Waals surface area contributed by atoms with E-state index < -0.39 is 0 Å². The minimum Gasteiger partial charge on any atom is -0.399 e. The van der Waals surface area contributed by atoms with Gasteiger partial charge in [-0.3, -0.25) is 14.9 Å². The third-order valence-electron chi connectivity index (χ3n) is 5.85. The number of carbonyl (C=O) groups is 2. The first-order chi connectivity index (χ1) is 18.4. The average Bonchev–Trinajstić information content (AvgIpc) is 3.34. The maximum atomic E-state index is 13.0. The molecule has 192 valence electrons. The van der Waals surface area contributed by atoms with Crippen molar-refractivity contribution < 1.29 is 9.59 Å². The van der Waals surface area contributed by atoms with Gasteiger partial charge in [-0.1, -0.05) is 60.7 Å². The summed E-state index contributed by atoms with van der Waals surface area (Å²) in [7, 11) is 0. The van der Waals surface area contributed by atoms with E-state index in [-0.39, 0.29) is 24.3 Å².